The van der Waals surface area contributed by atoms with Gasteiger partial charge in [0, 0.05) is 10.8 Å². The van der Waals surface area contributed by atoms with Crippen molar-refractivity contribution in [3.63, 3.8) is 0 Å². The summed E-state index contributed by atoms with van der Waals surface area (Å²) in [6.45, 7) is 10.7. The zero-order valence-corrected chi connectivity index (χ0v) is 20.4. The molecule has 0 amide bonds. The minimum atomic E-state index is 0.428. The van der Waals surface area contributed by atoms with Crippen LogP contribution in [0, 0.1) is 12.8 Å². The minimum Gasteiger partial charge on any atom is -0.456 e. The average molecular weight is 453 g/mol. The molecule has 0 saturated carbocycles. The Balaban J connectivity index is 1.60. The zero-order chi connectivity index (χ0) is 24.1. The Morgan fingerprint density at radius 2 is 1.31 bits per heavy atom. The van der Waals surface area contributed by atoms with Gasteiger partial charge in [0.2, 0.25) is 0 Å². The summed E-state index contributed by atoms with van der Waals surface area (Å²) in [5.41, 5.74) is 8.13. The summed E-state index contributed by atoms with van der Waals surface area (Å²) in [6, 6.07) is 30.4. The van der Waals surface area contributed by atoms with Gasteiger partial charge >= 0.3 is 0 Å². The van der Waals surface area contributed by atoms with E-state index in [2.05, 4.69) is 106 Å². The number of aryl methyl sites for hydroxylation is 1. The van der Waals surface area contributed by atoms with Crippen molar-refractivity contribution in [2.24, 2.45) is 5.92 Å². The third-order valence-corrected chi connectivity index (χ3v) is 7.26. The highest BCUT2D eigenvalue weighted by Crippen LogP contribution is 2.38. The van der Waals surface area contributed by atoms with Gasteiger partial charge in [0.05, 0.1) is 0 Å². The Bertz CT molecular complexity index is 1790. The molecule has 35 heavy (non-hydrogen) atoms. The third kappa shape index (κ3) is 3.47. The van der Waals surface area contributed by atoms with Gasteiger partial charge in [0.15, 0.2) is 0 Å². The number of benzene rings is 5. The first kappa shape index (κ1) is 21.4. The van der Waals surface area contributed by atoms with Crippen LogP contribution in [0.25, 0.3) is 60.7 Å². The van der Waals surface area contributed by atoms with Gasteiger partial charge in [-0.15, -0.1) is 0 Å². The Morgan fingerprint density at radius 3 is 2.06 bits per heavy atom. The van der Waals surface area contributed by atoms with Crippen molar-refractivity contribution in [1.29, 1.82) is 0 Å². The van der Waals surface area contributed by atoms with Crippen molar-refractivity contribution in [2.75, 3.05) is 0 Å². The number of para-hydroxylation sites is 1. The van der Waals surface area contributed by atoms with Crippen LogP contribution in [0.15, 0.2) is 108 Å². The van der Waals surface area contributed by atoms with Gasteiger partial charge in [-0.2, -0.15) is 0 Å². The van der Waals surface area contributed by atoms with E-state index in [4.69, 9.17) is 4.42 Å². The van der Waals surface area contributed by atoms with Crippen molar-refractivity contribution >= 4 is 49.6 Å². The Labute approximate surface area is 206 Å². The van der Waals surface area contributed by atoms with Crippen molar-refractivity contribution in [3.05, 3.63) is 114 Å². The fourth-order valence-electron chi connectivity index (χ4n) is 5.29. The van der Waals surface area contributed by atoms with E-state index in [0.717, 1.165) is 21.9 Å². The van der Waals surface area contributed by atoms with Crippen molar-refractivity contribution in [3.8, 4) is 11.1 Å². The van der Waals surface area contributed by atoms with E-state index in [-0.39, 0.29) is 0 Å². The summed E-state index contributed by atoms with van der Waals surface area (Å²) in [5, 5.41) is 7.46. The maximum absolute atomic E-state index is 6.05. The smallest absolute Gasteiger partial charge is 0.135 e. The van der Waals surface area contributed by atoms with Crippen LogP contribution >= 0.6 is 0 Å². The minimum absolute atomic E-state index is 0.428. The topological polar surface area (TPSA) is 13.1 Å². The van der Waals surface area contributed by atoms with Crippen molar-refractivity contribution in [2.45, 2.75) is 20.8 Å². The van der Waals surface area contributed by atoms with E-state index in [9.17, 15) is 0 Å². The number of fused-ring (bicyclic) bond motifs is 6. The molecule has 6 aromatic rings. The fraction of sp³-hybridized carbons (Fsp3) is 0.118. The van der Waals surface area contributed by atoms with Crippen LogP contribution in [0.5, 0.6) is 0 Å². The van der Waals surface area contributed by atoms with Crippen LogP contribution in [0.4, 0.5) is 0 Å². The van der Waals surface area contributed by atoms with Crippen LogP contribution in [0.2, 0.25) is 0 Å². The molecule has 0 spiro atoms. The summed E-state index contributed by atoms with van der Waals surface area (Å²) in [5.74, 6) is 0.428. The lowest BCUT2D eigenvalue weighted by atomic mass is 9.88. The molecule has 0 aliphatic rings. The lowest BCUT2D eigenvalue weighted by Crippen LogP contribution is -1.94. The molecule has 6 rings (SSSR count). The van der Waals surface area contributed by atoms with Gasteiger partial charge in [-0.05, 0) is 86.5 Å². The van der Waals surface area contributed by atoms with Crippen LogP contribution in [0.3, 0.4) is 0 Å². The van der Waals surface area contributed by atoms with Crippen LogP contribution in [0.1, 0.15) is 25.0 Å². The molecular weight excluding hydrogens is 424 g/mol. The number of hydrogen-bond donors (Lipinski definition) is 0. The number of hydrogen-bond acceptors (Lipinski definition) is 1. The second-order valence-electron chi connectivity index (χ2n) is 9.66. The molecular formula is C34H28O. The average Bonchev–Trinajstić information content (AvgIpc) is 3.26. The SMILES string of the molecule is C=C/C(=C\c1c(C)c2ccc(-c3ccc4oc5ccccc5c4c3)cc2c2ccccc12)C(C)C. The maximum Gasteiger partial charge on any atom is 0.135 e. The summed E-state index contributed by atoms with van der Waals surface area (Å²) < 4.78 is 6.05. The molecule has 0 N–H and O–H groups in total. The monoisotopic (exact) mass is 452 g/mol. The van der Waals surface area contributed by atoms with Gasteiger partial charge in [-0.1, -0.05) is 93.2 Å². The number of rotatable bonds is 4. The number of furan rings is 1. The Kier molecular flexibility index (Phi) is 5.07. The molecule has 0 radical (unpaired) electrons. The third-order valence-electron chi connectivity index (χ3n) is 7.26. The largest absolute Gasteiger partial charge is 0.456 e. The van der Waals surface area contributed by atoms with Crippen molar-refractivity contribution < 1.29 is 4.42 Å². The molecule has 0 unspecified atom stereocenters. The molecule has 0 fully saturated rings. The van der Waals surface area contributed by atoms with Gasteiger partial charge in [-0.25, -0.2) is 0 Å². The molecule has 0 bridgehead atoms. The van der Waals surface area contributed by atoms with E-state index in [1.54, 1.807) is 0 Å². The second kappa shape index (κ2) is 8.29. The van der Waals surface area contributed by atoms with Crippen molar-refractivity contribution in [1.82, 2.24) is 0 Å². The molecule has 1 nitrogen and oxygen atoms in total. The van der Waals surface area contributed by atoms with Gasteiger partial charge < -0.3 is 4.42 Å². The normalized spacial score (nSPS) is 12.4. The molecule has 0 atom stereocenters. The Morgan fingerprint density at radius 1 is 0.686 bits per heavy atom. The first-order valence-electron chi connectivity index (χ1n) is 12.3. The maximum atomic E-state index is 6.05. The van der Waals surface area contributed by atoms with Crippen LogP contribution in [-0.2, 0) is 0 Å². The standard InChI is InChI=1S/C34H28O/c1-5-23(21(2)3)18-30-22(4)26-16-14-24(19-31(26)28-11-7-6-10-27(28)30)25-15-17-34-32(20-25)29-12-8-9-13-33(29)35-34/h5-21H,1H2,2-4H3/b23-18+. The van der Waals surface area contributed by atoms with E-state index in [1.165, 1.54) is 49.4 Å². The van der Waals surface area contributed by atoms with Crippen LogP contribution < -0.4 is 0 Å². The molecule has 1 heterocycles. The fourth-order valence-corrected chi connectivity index (χ4v) is 5.29. The molecule has 170 valence electrons. The van der Waals surface area contributed by atoms with E-state index < -0.39 is 0 Å². The van der Waals surface area contributed by atoms with E-state index in [0.29, 0.717) is 5.92 Å². The lowest BCUT2D eigenvalue weighted by molar-refractivity contribution is 0.669. The highest BCUT2D eigenvalue weighted by molar-refractivity contribution is 6.14. The summed E-state index contributed by atoms with van der Waals surface area (Å²) >= 11 is 0. The highest BCUT2D eigenvalue weighted by Gasteiger charge is 2.13. The zero-order valence-electron chi connectivity index (χ0n) is 20.4. The summed E-state index contributed by atoms with van der Waals surface area (Å²) in [7, 11) is 0. The molecule has 1 aromatic heterocycles. The molecule has 0 saturated heterocycles. The van der Waals surface area contributed by atoms with Gasteiger partial charge in [0.1, 0.15) is 11.2 Å². The highest BCUT2D eigenvalue weighted by atomic mass is 16.3. The molecule has 0 aliphatic carbocycles. The van der Waals surface area contributed by atoms with Gasteiger partial charge in [-0.3, -0.25) is 0 Å². The first-order valence-corrected chi connectivity index (χ1v) is 12.3. The van der Waals surface area contributed by atoms with Gasteiger partial charge in [0.25, 0.3) is 0 Å². The quantitative estimate of drug-likeness (QED) is 0.191. The molecule has 1 heteroatoms. The number of allylic oxidation sites excluding steroid dienone is 2. The molecule has 0 aliphatic heterocycles. The summed E-state index contributed by atoms with van der Waals surface area (Å²) in [4.78, 5) is 0. The van der Waals surface area contributed by atoms with E-state index in [1.807, 2.05) is 18.2 Å². The molecule has 5 aromatic carbocycles. The predicted molar refractivity (Wildman–Crippen MR) is 152 cm³/mol. The first-order chi connectivity index (χ1) is 17.0. The predicted octanol–water partition coefficient (Wildman–Crippen LogP) is 10.1. The van der Waals surface area contributed by atoms with E-state index >= 15 is 0 Å². The second-order valence-corrected chi connectivity index (χ2v) is 9.66. The Hall–Kier alpha value is -4.10. The van der Waals surface area contributed by atoms with Crippen LogP contribution in [-0.4, -0.2) is 0 Å². The summed E-state index contributed by atoms with van der Waals surface area (Å²) in [6.07, 6.45) is 4.31. The lowest BCUT2D eigenvalue weighted by Gasteiger charge is -2.16.